The fourth-order valence-electron chi connectivity index (χ4n) is 8.06. The molecule has 11 rings (SSSR count). The van der Waals surface area contributed by atoms with Crippen LogP contribution in [0.25, 0.3) is 99.0 Å². The predicted octanol–water partition coefficient (Wildman–Crippen LogP) is 11.8. The lowest BCUT2D eigenvalue weighted by molar-refractivity contribution is 1.01. The van der Waals surface area contributed by atoms with E-state index in [-0.39, 0.29) is 0 Å². The molecule has 0 saturated heterocycles. The molecule has 0 saturated carbocycles. The van der Waals surface area contributed by atoms with Crippen LogP contribution in [0.5, 0.6) is 0 Å². The van der Waals surface area contributed by atoms with E-state index in [2.05, 4.69) is 179 Å². The van der Waals surface area contributed by atoms with Gasteiger partial charge in [0.1, 0.15) is 0 Å². The highest BCUT2D eigenvalue weighted by atomic mass is 15.2. The molecule has 0 bridgehead atoms. The Morgan fingerprint density at radius 1 is 0.360 bits per heavy atom. The number of benzene rings is 8. The minimum absolute atomic E-state index is 0.666. The molecule has 0 aliphatic rings. The van der Waals surface area contributed by atoms with Crippen molar-refractivity contribution < 1.29 is 0 Å². The molecule has 0 unspecified atom stereocenters. The van der Waals surface area contributed by atoms with Crippen LogP contribution in [0, 0.1) is 0 Å². The molecule has 232 valence electrons. The SMILES string of the molecule is c1ccc2cc(-c3nc(-n4c5ccccc5c5c6ccc(-n7c8ccccc8c8ccccc87)cc6ccc54)nc4ccccc34)ccc2c1. The average molecular weight is 637 g/mol. The van der Waals surface area contributed by atoms with Crippen LogP contribution in [0.15, 0.2) is 170 Å². The fraction of sp³-hybridized carbons (Fsp3) is 0. The standard InChI is InChI=1S/C46H28N4/c1-2-12-30-27-32(22-21-29(30)11-1)45-37-15-3-7-17-39(37)47-46(48-45)50-42-20-10-6-16-38(42)44-34-25-24-33(28-31(34)23-26-43(44)50)49-40-18-8-4-13-35(40)36-14-5-9-19-41(36)49/h1-28H. The minimum atomic E-state index is 0.666. The molecule has 0 atom stereocenters. The Morgan fingerprint density at radius 3 is 1.76 bits per heavy atom. The molecule has 0 spiro atoms. The Balaban J connectivity index is 1.16. The quantitative estimate of drug-likeness (QED) is 0.193. The highest BCUT2D eigenvalue weighted by Gasteiger charge is 2.19. The summed E-state index contributed by atoms with van der Waals surface area (Å²) in [7, 11) is 0. The monoisotopic (exact) mass is 636 g/mol. The maximum atomic E-state index is 5.36. The molecule has 0 fully saturated rings. The van der Waals surface area contributed by atoms with E-state index in [0.717, 1.165) is 38.9 Å². The van der Waals surface area contributed by atoms with Gasteiger partial charge in [-0.2, -0.15) is 0 Å². The van der Waals surface area contributed by atoms with E-state index in [4.69, 9.17) is 9.97 Å². The first kappa shape index (κ1) is 27.2. The molecular weight excluding hydrogens is 609 g/mol. The first-order chi connectivity index (χ1) is 24.8. The van der Waals surface area contributed by atoms with Crippen LogP contribution >= 0.6 is 0 Å². The summed E-state index contributed by atoms with van der Waals surface area (Å²) in [6.45, 7) is 0. The number of aromatic nitrogens is 4. The highest BCUT2D eigenvalue weighted by Crippen LogP contribution is 2.39. The van der Waals surface area contributed by atoms with E-state index >= 15 is 0 Å². The van der Waals surface area contributed by atoms with Gasteiger partial charge in [-0.25, -0.2) is 9.97 Å². The van der Waals surface area contributed by atoms with Crippen LogP contribution in [0.2, 0.25) is 0 Å². The largest absolute Gasteiger partial charge is 0.309 e. The van der Waals surface area contributed by atoms with Crippen LogP contribution in [-0.2, 0) is 0 Å². The summed E-state index contributed by atoms with van der Waals surface area (Å²) in [5, 5.41) is 10.8. The summed E-state index contributed by atoms with van der Waals surface area (Å²) in [4.78, 5) is 10.6. The Hall–Kier alpha value is -6.78. The van der Waals surface area contributed by atoms with Gasteiger partial charge in [0.15, 0.2) is 0 Å². The molecule has 4 nitrogen and oxygen atoms in total. The van der Waals surface area contributed by atoms with Crippen molar-refractivity contribution in [3.05, 3.63) is 170 Å². The van der Waals surface area contributed by atoms with E-state index in [1.54, 1.807) is 0 Å². The van der Waals surface area contributed by atoms with Gasteiger partial charge in [-0.05, 0) is 70.1 Å². The first-order valence-corrected chi connectivity index (χ1v) is 17.0. The third-order valence-corrected chi connectivity index (χ3v) is 10.3. The molecule has 8 aromatic carbocycles. The van der Waals surface area contributed by atoms with Gasteiger partial charge >= 0.3 is 0 Å². The van der Waals surface area contributed by atoms with E-state index in [1.165, 1.54) is 54.1 Å². The van der Waals surface area contributed by atoms with Gasteiger partial charge in [0.25, 0.3) is 0 Å². The van der Waals surface area contributed by atoms with Crippen molar-refractivity contribution >= 4 is 76.1 Å². The second kappa shape index (κ2) is 10.4. The van der Waals surface area contributed by atoms with E-state index in [0.29, 0.717) is 5.95 Å². The predicted molar refractivity (Wildman–Crippen MR) is 209 cm³/mol. The second-order valence-electron chi connectivity index (χ2n) is 13.0. The molecule has 11 aromatic rings. The van der Waals surface area contributed by atoms with Crippen molar-refractivity contribution in [3.8, 4) is 22.9 Å². The summed E-state index contributed by atoms with van der Waals surface area (Å²) in [5.74, 6) is 0.666. The summed E-state index contributed by atoms with van der Waals surface area (Å²) < 4.78 is 4.62. The van der Waals surface area contributed by atoms with E-state index in [9.17, 15) is 0 Å². The lowest BCUT2D eigenvalue weighted by Crippen LogP contribution is -2.03. The molecule has 0 aliphatic heterocycles. The summed E-state index contributed by atoms with van der Waals surface area (Å²) in [5.41, 5.74) is 8.66. The molecule has 3 heterocycles. The molecule has 0 radical (unpaired) electrons. The zero-order chi connectivity index (χ0) is 32.8. The lowest BCUT2D eigenvalue weighted by atomic mass is 10.0. The van der Waals surface area contributed by atoms with Crippen molar-refractivity contribution in [1.29, 1.82) is 0 Å². The van der Waals surface area contributed by atoms with Crippen LogP contribution < -0.4 is 0 Å². The molecule has 0 N–H and O–H groups in total. The number of para-hydroxylation sites is 4. The Labute approximate surface area is 287 Å². The summed E-state index contributed by atoms with van der Waals surface area (Å²) >= 11 is 0. The van der Waals surface area contributed by atoms with Crippen molar-refractivity contribution in [2.45, 2.75) is 0 Å². The molecule has 50 heavy (non-hydrogen) atoms. The van der Waals surface area contributed by atoms with Crippen molar-refractivity contribution in [2.24, 2.45) is 0 Å². The molecule has 3 aromatic heterocycles. The summed E-state index contributed by atoms with van der Waals surface area (Å²) in [6.07, 6.45) is 0. The maximum Gasteiger partial charge on any atom is 0.235 e. The average Bonchev–Trinajstić information content (AvgIpc) is 3.70. The van der Waals surface area contributed by atoms with Crippen LogP contribution in [0.4, 0.5) is 0 Å². The summed E-state index contributed by atoms with van der Waals surface area (Å²) in [6, 6.07) is 60.7. The van der Waals surface area contributed by atoms with Gasteiger partial charge in [0.05, 0.1) is 33.3 Å². The first-order valence-electron chi connectivity index (χ1n) is 17.0. The van der Waals surface area contributed by atoms with Gasteiger partial charge in [0, 0.05) is 38.2 Å². The molecule has 4 heteroatoms. The van der Waals surface area contributed by atoms with Crippen LogP contribution in [-0.4, -0.2) is 19.1 Å². The zero-order valence-electron chi connectivity index (χ0n) is 27.0. The van der Waals surface area contributed by atoms with Crippen molar-refractivity contribution in [2.75, 3.05) is 0 Å². The molecule has 0 amide bonds. The smallest absolute Gasteiger partial charge is 0.235 e. The molecule has 0 aliphatic carbocycles. The lowest BCUT2D eigenvalue weighted by Gasteiger charge is -2.13. The van der Waals surface area contributed by atoms with Gasteiger partial charge in [-0.15, -0.1) is 0 Å². The zero-order valence-corrected chi connectivity index (χ0v) is 27.0. The van der Waals surface area contributed by atoms with Gasteiger partial charge in [0.2, 0.25) is 5.95 Å². The Kier molecular flexibility index (Phi) is 5.63. The second-order valence-corrected chi connectivity index (χ2v) is 13.0. The van der Waals surface area contributed by atoms with E-state index in [1.807, 2.05) is 0 Å². The maximum absolute atomic E-state index is 5.36. The highest BCUT2D eigenvalue weighted by molar-refractivity contribution is 6.21. The number of rotatable bonds is 3. The topological polar surface area (TPSA) is 35.6 Å². The molecular formula is C46H28N4. The van der Waals surface area contributed by atoms with E-state index < -0.39 is 0 Å². The minimum Gasteiger partial charge on any atom is -0.309 e. The van der Waals surface area contributed by atoms with Crippen molar-refractivity contribution in [1.82, 2.24) is 19.1 Å². The Bertz CT molecular complexity index is 3110. The van der Waals surface area contributed by atoms with Gasteiger partial charge < -0.3 is 4.57 Å². The third kappa shape index (κ3) is 3.87. The van der Waals surface area contributed by atoms with Gasteiger partial charge in [-0.3, -0.25) is 4.57 Å². The Morgan fingerprint density at radius 2 is 0.980 bits per heavy atom. The normalized spacial score (nSPS) is 12.0. The number of hydrogen-bond acceptors (Lipinski definition) is 2. The number of fused-ring (bicyclic) bond motifs is 10. The van der Waals surface area contributed by atoms with Crippen molar-refractivity contribution in [3.63, 3.8) is 0 Å². The third-order valence-electron chi connectivity index (χ3n) is 10.3. The van der Waals surface area contributed by atoms with Crippen LogP contribution in [0.3, 0.4) is 0 Å². The fourth-order valence-corrected chi connectivity index (χ4v) is 8.06. The van der Waals surface area contributed by atoms with Gasteiger partial charge in [-0.1, -0.05) is 121 Å². The van der Waals surface area contributed by atoms with Crippen LogP contribution in [0.1, 0.15) is 0 Å². The number of hydrogen-bond donors (Lipinski definition) is 0. The number of nitrogens with zero attached hydrogens (tertiary/aromatic N) is 4.